The van der Waals surface area contributed by atoms with E-state index in [9.17, 15) is 14.4 Å². The lowest BCUT2D eigenvalue weighted by Crippen LogP contribution is -2.31. The standard InChI is InChI=1S/C20H22N4O5/c1-28-16-7-5-13(10-17(16)29-2)12-24-19(26)15(23-20(24)27)6-8-18(25)22-14-4-3-9-21-11-14/h3-5,7,9-11,15H,6,8,12H2,1-2H3,(H,22,25)(H,23,27). The van der Waals surface area contributed by atoms with Crippen LogP contribution in [0.25, 0.3) is 0 Å². The molecule has 0 aliphatic carbocycles. The van der Waals surface area contributed by atoms with Crippen molar-refractivity contribution in [2.75, 3.05) is 19.5 Å². The summed E-state index contributed by atoms with van der Waals surface area (Å²) in [6.07, 6.45) is 3.44. The van der Waals surface area contributed by atoms with Crippen LogP contribution in [0.15, 0.2) is 42.7 Å². The second kappa shape index (κ2) is 9.05. The van der Waals surface area contributed by atoms with Crippen molar-refractivity contribution in [1.82, 2.24) is 15.2 Å². The van der Waals surface area contributed by atoms with Gasteiger partial charge in [-0.1, -0.05) is 6.07 Å². The number of hydrogen-bond donors (Lipinski definition) is 2. The number of benzene rings is 1. The van der Waals surface area contributed by atoms with Crippen LogP contribution in [0.1, 0.15) is 18.4 Å². The molecule has 1 aliphatic rings. The molecule has 2 heterocycles. The number of pyridine rings is 1. The predicted molar refractivity (Wildman–Crippen MR) is 105 cm³/mol. The molecule has 0 bridgehead atoms. The Morgan fingerprint density at radius 1 is 1.21 bits per heavy atom. The van der Waals surface area contributed by atoms with Crippen molar-refractivity contribution in [3.63, 3.8) is 0 Å². The lowest BCUT2D eigenvalue weighted by molar-refractivity contribution is -0.128. The first-order valence-corrected chi connectivity index (χ1v) is 9.04. The van der Waals surface area contributed by atoms with Crippen LogP contribution in [0.5, 0.6) is 11.5 Å². The maximum Gasteiger partial charge on any atom is 0.325 e. The first-order valence-electron chi connectivity index (χ1n) is 9.04. The van der Waals surface area contributed by atoms with Crippen molar-refractivity contribution in [2.45, 2.75) is 25.4 Å². The number of amides is 4. The number of ether oxygens (including phenoxy) is 2. The molecular formula is C20H22N4O5. The molecule has 1 atom stereocenters. The Labute approximate surface area is 168 Å². The fourth-order valence-electron chi connectivity index (χ4n) is 3.02. The molecule has 0 spiro atoms. The smallest absolute Gasteiger partial charge is 0.325 e. The van der Waals surface area contributed by atoms with Gasteiger partial charge in [0, 0.05) is 12.6 Å². The van der Waals surface area contributed by atoms with E-state index >= 15 is 0 Å². The second-order valence-electron chi connectivity index (χ2n) is 6.44. The van der Waals surface area contributed by atoms with Crippen molar-refractivity contribution < 1.29 is 23.9 Å². The van der Waals surface area contributed by atoms with E-state index in [1.807, 2.05) is 0 Å². The summed E-state index contributed by atoms with van der Waals surface area (Å²) >= 11 is 0. The molecule has 1 unspecified atom stereocenters. The third kappa shape index (κ3) is 4.81. The molecule has 1 aromatic carbocycles. The highest BCUT2D eigenvalue weighted by molar-refractivity contribution is 6.04. The number of carbonyl (C=O) groups is 3. The number of nitrogens with zero attached hydrogens (tertiary/aromatic N) is 2. The van der Waals surface area contributed by atoms with Crippen LogP contribution in [0, 0.1) is 0 Å². The molecule has 0 saturated carbocycles. The SMILES string of the molecule is COc1ccc(CN2C(=O)NC(CCC(=O)Nc3cccnc3)C2=O)cc1OC. The number of methoxy groups -OCH3 is 2. The predicted octanol–water partition coefficient (Wildman–Crippen LogP) is 1.94. The minimum absolute atomic E-state index is 0.0930. The Morgan fingerprint density at radius 2 is 2.00 bits per heavy atom. The zero-order valence-corrected chi connectivity index (χ0v) is 16.2. The first kappa shape index (κ1) is 20.1. The van der Waals surface area contributed by atoms with E-state index < -0.39 is 12.1 Å². The van der Waals surface area contributed by atoms with Crippen molar-refractivity contribution in [3.8, 4) is 11.5 Å². The quantitative estimate of drug-likeness (QED) is 0.658. The number of hydrogen-bond acceptors (Lipinski definition) is 6. The van der Waals surface area contributed by atoms with E-state index in [1.54, 1.807) is 36.5 Å². The van der Waals surface area contributed by atoms with Gasteiger partial charge in [-0.2, -0.15) is 0 Å². The number of nitrogens with one attached hydrogen (secondary N) is 2. The van der Waals surface area contributed by atoms with Crippen LogP contribution in [0.2, 0.25) is 0 Å². The average Bonchev–Trinajstić information content (AvgIpc) is 3.00. The number of urea groups is 1. The van der Waals surface area contributed by atoms with Crippen LogP contribution in [-0.2, 0) is 16.1 Å². The summed E-state index contributed by atoms with van der Waals surface area (Å²) in [6.45, 7) is 0.101. The topological polar surface area (TPSA) is 110 Å². The van der Waals surface area contributed by atoms with Gasteiger partial charge in [0.05, 0.1) is 32.6 Å². The highest BCUT2D eigenvalue weighted by atomic mass is 16.5. The van der Waals surface area contributed by atoms with E-state index in [2.05, 4.69) is 15.6 Å². The van der Waals surface area contributed by atoms with Gasteiger partial charge in [-0.3, -0.25) is 19.5 Å². The molecule has 9 nitrogen and oxygen atoms in total. The van der Waals surface area contributed by atoms with Gasteiger partial charge in [-0.25, -0.2) is 4.79 Å². The van der Waals surface area contributed by atoms with Gasteiger partial charge in [0.25, 0.3) is 5.91 Å². The molecule has 152 valence electrons. The van der Waals surface area contributed by atoms with Crippen molar-refractivity contribution >= 4 is 23.5 Å². The largest absolute Gasteiger partial charge is 0.493 e. The lowest BCUT2D eigenvalue weighted by atomic mass is 10.1. The van der Waals surface area contributed by atoms with Crippen LogP contribution < -0.4 is 20.1 Å². The molecule has 2 aromatic rings. The molecular weight excluding hydrogens is 376 g/mol. The average molecular weight is 398 g/mol. The maximum absolute atomic E-state index is 12.6. The second-order valence-corrected chi connectivity index (χ2v) is 6.44. The molecule has 1 aliphatic heterocycles. The highest BCUT2D eigenvalue weighted by Gasteiger charge is 2.37. The first-order chi connectivity index (χ1) is 14.0. The summed E-state index contributed by atoms with van der Waals surface area (Å²) in [5.41, 5.74) is 1.30. The molecule has 4 amide bonds. The Kier molecular flexibility index (Phi) is 6.28. The number of aromatic nitrogens is 1. The maximum atomic E-state index is 12.6. The third-order valence-electron chi connectivity index (χ3n) is 4.50. The van der Waals surface area contributed by atoms with Gasteiger partial charge in [-0.05, 0) is 36.2 Å². The fourth-order valence-corrected chi connectivity index (χ4v) is 3.02. The molecule has 29 heavy (non-hydrogen) atoms. The van der Waals surface area contributed by atoms with Gasteiger partial charge >= 0.3 is 6.03 Å². The van der Waals surface area contributed by atoms with Crippen LogP contribution in [0.4, 0.5) is 10.5 Å². The minimum atomic E-state index is -0.734. The number of rotatable bonds is 8. The van der Waals surface area contributed by atoms with Crippen LogP contribution >= 0.6 is 0 Å². The molecule has 3 rings (SSSR count). The van der Waals surface area contributed by atoms with Gasteiger partial charge in [0.15, 0.2) is 11.5 Å². The van der Waals surface area contributed by atoms with E-state index in [1.165, 1.54) is 20.4 Å². The molecule has 1 aromatic heterocycles. The van der Waals surface area contributed by atoms with Gasteiger partial charge in [0.1, 0.15) is 6.04 Å². The van der Waals surface area contributed by atoms with Gasteiger partial charge < -0.3 is 20.1 Å². The highest BCUT2D eigenvalue weighted by Crippen LogP contribution is 2.28. The molecule has 2 N–H and O–H groups in total. The van der Waals surface area contributed by atoms with E-state index in [0.29, 0.717) is 17.2 Å². The Balaban J connectivity index is 1.57. The minimum Gasteiger partial charge on any atom is -0.493 e. The van der Waals surface area contributed by atoms with E-state index in [0.717, 1.165) is 10.5 Å². The van der Waals surface area contributed by atoms with Crippen LogP contribution in [0.3, 0.4) is 0 Å². The Morgan fingerprint density at radius 3 is 2.69 bits per heavy atom. The Bertz CT molecular complexity index is 903. The lowest BCUT2D eigenvalue weighted by Gasteiger charge is -2.15. The van der Waals surface area contributed by atoms with E-state index in [-0.39, 0.29) is 31.2 Å². The summed E-state index contributed by atoms with van der Waals surface area (Å²) in [7, 11) is 3.05. The summed E-state index contributed by atoms with van der Waals surface area (Å²) in [5, 5.41) is 5.34. The van der Waals surface area contributed by atoms with Crippen molar-refractivity contribution in [2.24, 2.45) is 0 Å². The zero-order chi connectivity index (χ0) is 20.8. The molecule has 9 heteroatoms. The summed E-state index contributed by atoms with van der Waals surface area (Å²) in [4.78, 5) is 42.0. The molecule has 1 fully saturated rings. The summed E-state index contributed by atoms with van der Waals surface area (Å²) < 4.78 is 10.4. The monoisotopic (exact) mass is 398 g/mol. The summed E-state index contributed by atoms with van der Waals surface area (Å²) in [6, 6.07) is 7.41. The van der Waals surface area contributed by atoms with E-state index in [4.69, 9.17) is 9.47 Å². The summed E-state index contributed by atoms with van der Waals surface area (Å²) in [5.74, 6) is 0.462. The molecule has 0 radical (unpaired) electrons. The number of anilines is 1. The fraction of sp³-hybridized carbons (Fsp3) is 0.300. The van der Waals surface area contributed by atoms with Crippen molar-refractivity contribution in [3.05, 3.63) is 48.3 Å². The van der Waals surface area contributed by atoms with Crippen molar-refractivity contribution in [1.29, 1.82) is 0 Å². The van der Waals surface area contributed by atoms with Gasteiger partial charge in [-0.15, -0.1) is 0 Å². The molecule has 1 saturated heterocycles. The number of carbonyl (C=O) groups excluding carboxylic acids is 3. The third-order valence-corrected chi connectivity index (χ3v) is 4.50. The number of imide groups is 1. The zero-order valence-electron chi connectivity index (χ0n) is 16.2. The van der Waals surface area contributed by atoms with Crippen LogP contribution in [-0.4, -0.2) is 48.0 Å². The Hall–Kier alpha value is -3.62. The normalized spacial score (nSPS) is 15.8. The van der Waals surface area contributed by atoms with Gasteiger partial charge in [0.2, 0.25) is 5.91 Å².